The van der Waals surface area contributed by atoms with Crippen LogP contribution in [0.5, 0.6) is 5.75 Å². The molecule has 0 aromatic heterocycles. The highest BCUT2D eigenvalue weighted by Gasteiger charge is 2.18. The van der Waals surface area contributed by atoms with Crippen molar-refractivity contribution in [1.82, 2.24) is 0 Å². The summed E-state index contributed by atoms with van der Waals surface area (Å²) in [5.41, 5.74) is 2.84. The van der Waals surface area contributed by atoms with Crippen molar-refractivity contribution in [1.29, 1.82) is 0 Å². The van der Waals surface area contributed by atoms with E-state index in [1.54, 1.807) is 54.6 Å². The number of hydrogen-bond donors (Lipinski definition) is 4. The molecule has 0 amide bonds. The Kier molecular flexibility index (Phi) is 5.71. The Hall–Kier alpha value is -2.94. The molecule has 0 aliphatic heterocycles. The molecule has 0 radical (unpaired) electrons. The Morgan fingerprint density at radius 1 is 0.960 bits per heavy atom. The minimum atomic E-state index is -4.40. The summed E-state index contributed by atoms with van der Waals surface area (Å²) in [6.07, 6.45) is 0.412. The lowest BCUT2D eigenvalue weighted by Gasteiger charge is -2.05. The molecule has 0 saturated heterocycles. The lowest BCUT2D eigenvalue weighted by molar-refractivity contribution is 0.112. The van der Waals surface area contributed by atoms with Crippen LogP contribution in [0.1, 0.15) is 10.4 Å². The number of phenols is 1. The molecule has 3 rings (SSSR count). The molecular weight excluding hydrogens is 344 g/mol. The molecule has 0 bridgehead atoms. The van der Waals surface area contributed by atoms with E-state index in [1.807, 2.05) is 0 Å². The van der Waals surface area contributed by atoms with Gasteiger partial charge in [0.2, 0.25) is 0 Å². The van der Waals surface area contributed by atoms with Crippen molar-refractivity contribution < 1.29 is 22.9 Å². The number of nitrogens with one attached hydrogen (secondary N) is 1. The van der Waals surface area contributed by atoms with E-state index < -0.39 is 10.1 Å². The standard InChI is InChI=1S/C11H8O4S.C6H8N2O/c12-7-9-6-5-8-3-1-2-4-10(8)11(9)16(13,14)15;7-8-5-3-1-2-4-6(5)9/h1-7H,(H,13,14,15);1-4,8-9H,7H2. The topological polar surface area (TPSA) is 130 Å². The fourth-order valence-electron chi connectivity index (χ4n) is 2.24. The number of para-hydroxylation sites is 2. The number of aldehydes is 1. The second-order valence-electron chi connectivity index (χ2n) is 4.96. The van der Waals surface area contributed by atoms with Crippen LogP contribution in [-0.4, -0.2) is 24.4 Å². The number of hydrazine groups is 1. The molecule has 130 valence electrons. The first-order valence-corrected chi connectivity index (χ1v) is 8.51. The summed E-state index contributed by atoms with van der Waals surface area (Å²) in [4.78, 5) is 10.4. The molecular formula is C17H16N2O5S. The normalized spacial score (nSPS) is 10.6. The van der Waals surface area contributed by atoms with Crippen LogP contribution in [-0.2, 0) is 10.1 Å². The van der Waals surface area contributed by atoms with Gasteiger partial charge in [-0.3, -0.25) is 15.2 Å². The van der Waals surface area contributed by atoms with Crippen molar-refractivity contribution in [2.75, 3.05) is 5.43 Å². The molecule has 0 saturated carbocycles. The number of carbonyl (C=O) groups is 1. The van der Waals surface area contributed by atoms with Gasteiger partial charge in [-0.2, -0.15) is 8.42 Å². The Morgan fingerprint density at radius 2 is 1.60 bits per heavy atom. The summed E-state index contributed by atoms with van der Waals surface area (Å²) >= 11 is 0. The number of nitrogen functional groups attached to an aromatic ring is 1. The van der Waals surface area contributed by atoms with E-state index in [0.29, 0.717) is 22.7 Å². The maximum absolute atomic E-state index is 11.2. The molecule has 0 spiro atoms. The zero-order valence-electron chi connectivity index (χ0n) is 13.0. The van der Waals surface area contributed by atoms with Crippen LogP contribution in [0.15, 0.2) is 65.6 Å². The maximum atomic E-state index is 11.2. The van der Waals surface area contributed by atoms with E-state index >= 15 is 0 Å². The number of fused-ring (bicyclic) bond motifs is 1. The van der Waals surface area contributed by atoms with Crippen molar-refractivity contribution in [3.8, 4) is 5.75 Å². The van der Waals surface area contributed by atoms with E-state index in [9.17, 15) is 13.2 Å². The van der Waals surface area contributed by atoms with Gasteiger partial charge in [0, 0.05) is 10.9 Å². The number of benzene rings is 3. The predicted molar refractivity (Wildman–Crippen MR) is 95.1 cm³/mol. The van der Waals surface area contributed by atoms with Crippen molar-refractivity contribution in [2.45, 2.75) is 4.90 Å². The van der Waals surface area contributed by atoms with Crippen molar-refractivity contribution in [2.24, 2.45) is 5.84 Å². The van der Waals surface area contributed by atoms with Crippen LogP contribution in [0.4, 0.5) is 5.69 Å². The van der Waals surface area contributed by atoms with Gasteiger partial charge in [0.15, 0.2) is 6.29 Å². The Balaban J connectivity index is 0.000000212. The van der Waals surface area contributed by atoms with Crippen molar-refractivity contribution in [3.05, 3.63) is 66.2 Å². The molecule has 25 heavy (non-hydrogen) atoms. The number of anilines is 1. The van der Waals surface area contributed by atoms with Crippen molar-refractivity contribution in [3.63, 3.8) is 0 Å². The third-order valence-electron chi connectivity index (χ3n) is 3.35. The van der Waals surface area contributed by atoms with Gasteiger partial charge in [0.1, 0.15) is 10.6 Å². The number of nitrogens with two attached hydrogens (primary N) is 1. The average Bonchev–Trinajstić information content (AvgIpc) is 2.60. The van der Waals surface area contributed by atoms with Crippen LogP contribution in [0.25, 0.3) is 10.8 Å². The summed E-state index contributed by atoms with van der Waals surface area (Å²) in [6.45, 7) is 0. The van der Waals surface area contributed by atoms with Gasteiger partial charge < -0.3 is 10.5 Å². The molecule has 0 unspecified atom stereocenters. The summed E-state index contributed by atoms with van der Waals surface area (Å²) in [5.74, 6) is 5.21. The fraction of sp³-hybridized carbons (Fsp3) is 0. The number of hydrogen-bond acceptors (Lipinski definition) is 6. The fourth-order valence-corrected chi connectivity index (χ4v) is 3.11. The third kappa shape index (κ3) is 4.32. The molecule has 0 aliphatic carbocycles. The summed E-state index contributed by atoms with van der Waals surface area (Å²) in [5, 5.41) is 9.96. The number of rotatable bonds is 3. The molecule has 7 nitrogen and oxygen atoms in total. The molecule has 0 atom stereocenters. The Labute approximate surface area is 144 Å². The molecule has 0 heterocycles. The van der Waals surface area contributed by atoms with E-state index in [2.05, 4.69) is 5.43 Å². The monoisotopic (exact) mass is 360 g/mol. The van der Waals surface area contributed by atoms with Crippen LogP contribution < -0.4 is 11.3 Å². The molecule has 3 aromatic rings. The minimum absolute atomic E-state index is 0.0406. The second-order valence-corrected chi connectivity index (χ2v) is 6.32. The lowest BCUT2D eigenvalue weighted by atomic mass is 10.1. The highest BCUT2D eigenvalue weighted by molar-refractivity contribution is 7.86. The first kappa shape index (κ1) is 18.4. The second kappa shape index (κ2) is 7.75. The summed E-state index contributed by atoms with van der Waals surface area (Å²) in [7, 11) is -4.40. The zero-order valence-corrected chi connectivity index (χ0v) is 13.8. The minimum Gasteiger partial charge on any atom is -0.506 e. The summed E-state index contributed by atoms with van der Waals surface area (Å²) in [6, 6.07) is 16.4. The van der Waals surface area contributed by atoms with Crippen LogP contribution in [0.3, 0.4) is 0 Å². The molecule has 0 fully saturated rings. The van der Waals surface area contributed by atoms with Crippen LogP contribution in [0, 0.1) is 0 Å². The SMILES string of the molecule is NNc1ccccc1O.O=Cc1ccc2ccccc2c1S(=O)(=O)O. The van der Waals surface area contributed by atoms with Crippen molar-refractivity contribution >= 4 is 32.9 Å². The third-order valence-corrected chi connectivity index (χ3v) is 4.33. The van der Waals surface area contributed by atoms with Gasteiger partial charge in [0.05, 0.1) is 5.69 Å². The molecule has 8 heteroatoms. The summed E-state index contributed by atoms with van der Waals surface area (Å²) < 4.78 is 31.6. The Morgan fingerprint density at radius 3 is 2.16 bits per heavy atom. The maximum Gasteiger partial charge on any atom is 0.295 e. The van der Waals surface area contributed by atoms with Gasteiger partial charge in [-0.25, -0.2) is 0 Å². The van der Waals surface area contributed by atoms with Gasteiger partial charge in [-0.05, 0) is 23.6 Å². The van der Waals surface area contributed by atoms with Crippen LogP contribution in [0.2, 0.25) is 0 Å². The lowest BCUT2D eigenvalue weighted by Crippen LogP contribution is -2.06. The number of carbonyl (C=O) groups excluding carboxylic acids is 1. The largest absolute Gasteiger partial charge is 0.506 e. The smallest absolute Gasteiger partial charge is 0.295 e. The van der Waals surface area contributed by atoms with E-state index in [4.69, 9.17) is 15.5 Å². The zero-order chi connectivity index (χ0) is 18.4. The molecule has 5 N–H and O–H groups in total. The van der Waals surface area contributed by atoms with Gasteiger partial charge in [-0.1, -0.05) is 42.5 Å². The first-order chi connectivity index (χ1) is 11.9. The molecule has 0 aliphatic rings. The predicted octanol–water partition coefficient (Wildman–Crippen LogP) is 2.58. The van der Waals surface area contributed by atoms with E-state index in [-0.39, 0.29) is 16.2 Å². The van der Waals surface area contributed by atoms with E-state index in [0.717, 1.165) is 0 Å². The average molecular weight is 360 g/mol. The van der Waals surface area contributed by atoms with Gasteiger partial charge in [0.25, 0.3) is 10.1 Å². The highest BCUT2D eigenvalue weighted by atomic mass is 32.2. The quantitative estimate of drug-likeness (QED) is 0.186. The van der Waals surface area contributed by atoms with Gasteiger partial charge in [-0.15, -0.1) is 0 Å². The molecule has 3 aromatic carbocycles. The highest BCUT2D eigenvalue weighted by Crippen LogP contribution is 2.25. The van der Waals surface area contributed by atoms with E-state index in [1.165, 1.54) is 6.07 Å². The van der Waals surface area contributed by atoms with Gasteiger partial charge >= 0.3 is 0 Å². The Bertz CT molecular complexity index is 1000. The van der Waals surface area contributed by atoms with Crippen LogP contribution >= 0.6 is 0 Å². The number of aromatic hydroxyl groups is 1. The number of phenolic OH excluding ortho intramolecular Hbond substituents is 1. The first-order valence-electron chi connectivity index (χ1n) is 7.07.